The molecule has 12 heavy (non-hydrogen) atoms. The molecule has 0 aliphatic carbocycles. The molecule has 1 aromatic heterocycles. The van der Waals surface area contributed by atoms with Crippen molar-refractivity contribution >= 4 is 17.7 Å². The molecule has 1 rings (SSSR count). The smallest absolute Gasteiger partial charge is 0.328 e. The Labute approximate surface area is 73.9 Å². The minimum Gasteiger partial charge on any atom is -0.478 e. The van der Waals surface area contributed by atoms with Crippen LogP contribution in [0.4, 0.5) is 0 Å². The third kappa shape index (κ3) is 2.79. The molecule has 0 spiro atoms. The Hall–Kier alpha value is -1.23. The van der Waals surface area contributed by atoms with Crippen molar-refractivity contribution in [2.75, 3.05) is 0 Å². The number of carboxylic acid groups (broad SMARTS) is 1. The van der Waals surface area contributed by atoms with Crippen LogP contribution in [0.2, 0.25) is 0 Å². The Kier molecular flexibility index (Phi) is 2.93. The van der Waals surface area contributed by atoms with Crippen LogP contribution in [0, 0.1) is 0 Å². The maximum absolute atomic E-state index is 10.1. The average molecular weight is 184 g/mol. The summed E-state index contributed by atoms with van der Waals surface area (Å²) in [4.78, 5) is 11.0. The summed E-state index contributed by atoms with van der Waals surface area (Å²) in [6.45, 7) is 0. The first-order chi connectivity index (χ1) is 5.68. The van der Waals surface area contributed by atoms with Crippen LogP contribution in [0.5, 0.6) is 0 Å². The number of carboxylic acids is 1. The Morgan fingerprint density at radius 1 is 1.83 bits per heavy atom. The van der Waals surface area contributed by atoms with E-state index in [4.69, 9.17) is 5.11 Å². The lowest BCUT2D eigenvalue weighted by Crippen LogP contribution is -1.84. The van der Waals surface area contributed by atoms with Crippen LogP contribution in [0.25, 0.3) is 0 Å². The number of aliphatic carboxylic acids is 1. The number of rotatable bonds is 3. The maximum atomic E-state index is 10.1. The molecule has 64 valence electrons. The van der Waals surface area contributed by atoms with Crippen molar-refractivity contribution in [3.8, 4) is 0 Å². The Morgan fingerprint density at radius 3 is 3.08 bits per heavy atom. The van der Waals surface area contributed by atoms with Crippen LogP contribution >= 0.6 is 11.8 Å². The summed E-state index contributed by atoms with van der Waals surface area (Å²) >= 11 is 1.32. The molecule has 5 heteroatoms. The molecular formula is C7H8N2O2S. The highest BCUT2D eigenvalue weighted by Gasteiger charge is 1.93. The highest BCUT2D eigenvalue weighted by molar-refractivity contribution is 8.02. The van der Waals surface area contributed by atoms with Crippen molar-refractivity contribution < 1.29 is 9.90 Å². The lowest BCUT2D eigenvalue weighted by atomic mass is 10.7. The van der Waals surface area contributed by atoms with Gasteiger partial charge in [0.15, 0.2) is 0 Å². The second-order valence-corrected chi connectivity index (χ2v) is 3.09. The molecule has 0 aliphatic rings. The van der Waals surface area contributed by atoms with Gasteiger partial charge >= 0.3 is 5.97 Å². The maximum Gasteiger partial charge on any atom is 0.328 e. The van der Waals surface area contributed by atoms with E-state index in [0.717, 1.165) is 11.0 Å². The van der Waals surface area contributed by atoms with Gasteiger partial charge in [-0.05, 0) is 5.41 Å². The molecule has 0 amide bonds. The molecule has 0 saturated heterocycles. The molecule has 0 fully saturated rings. The van der Waals surface area contributed by atoms with E-state index in [0.29, 0.717) is 0 Å². The monoisotopic (exact) mass is 184 g/mol. The fraction of sp³-hybridized carbons (Fsp3) is 0.143. The number of thioether (sulfide) groups is 1. The quantitative estimate of drug-likeness (QED) is 0.564. The highest BCUT2D eigenvalue weighted by atomic mass is 32.2. The zero-order chi connectivity index (χ0) is 8.97. The fourth-order valence-corrected chi connectivity index (χ4v) is 1.29. The van der Waals surface area contributed by atoms with E-state index in [-0.39, 0.29) is 0 Å². The number of nitrogens with zero attached hydrogens (tertiary/aromatic N) is 2. The van der Waals surface area contributed by atoms with Crippen LogP contribution in [0.15, 0.2) is 28.8 Å². The molecule has 0 aromatic carbocycles. The van der Waals surface area contributed by atoms with Gasteiger partial charge in [0.2, 0.25) is 0 Å². The summed E-state index contributed by atoms with van der Waals surface area (Å²) in [5.41, 5.74) is 0. The standard InChI is InChI=1S/C7H8N2O2S/c1-9-5-6(4-8-9)12-3-2-7(10)11/h2-5H,1H3,(H,10,11). The molecule has 1 N–H and O–H groups in total. The molecule has 0 radical (unpaired) electrons. The predicted octanol–water partition coefficient (Wildman–Crippen LogP) is 1.11. The Morgan fingerprint density at radius 2 is 2.58 bits per heavy atom. The predicted molar refractivity (Wildman–Crippen MR) is 45.8 cm³/mol. The van der Waals surface area contributed by atoms with Crippen LogP contribution in [0.3, 0.4) is 0 Å². The normalized spacial score (nSPS) is 10.8. The van der Waals surface area contributed by atoms with Gasteiger partial charge in [0.05, 0.1) is 6.20 Å². The van der Waals surface area contributed by atoms with Crippen molar-refractivity contribution in [2.45, 2.75) is 4.90 Å². The number of aryl methyl sites for hydroxylation is 1. The van der Waals surface area contributed by atoms with Crippen LogP contribution < -0.4 is 0 Å². The molecule has 1 aromatic rings. The van der Waals surface area contributed by atoms with Gasteiger partial charge in [0.1, 0.15) is 0 Å². The second kappa shape index (κ2) is 3.96. The van der Waals surface area contributed by atoms with Crippen molar-refractivity contribution in [3.63, 3.8) is 0 Å². The number of hydrogen-bond acceptors (Lipinski definition) is 3. The van der Waals surface area contributed by atoms with Gasteiger partial charge in [-0.3, -0.25) is 4.68 Å². The number of carbonyl (C=O) groups is 1. The van der Waals surface area contributed by atoms with E-state index in [9.17, 15) is 4.79 Å². The van der Waals surface area contributed by atoms with Gasteiger partial charge in [0.25, 0.3) is 0 Å². The van der Waals surface area contributed by atoms with E-state index >= 15 is 0 Å². The summed E-state index contributed by atoms with van der Waals surface area (Å²) in [6.07, 6.45) is 4.59. The first kappa shape index (κ1) is 8.86. The Bertz CT molecular complexity index is 306. The van der Waals surface area contributed by atoms with Gasteiger partial charge in [-0.25, -0.2) is 4.79 Å². The van der Waals surface area contributed by atoms with Crippen molar-refractivity contribution in [1.82, 2.24) is 9.78 Å². The van der Waals surface area contributed by atoms with Gasteiger partial charge in [0, 0.05) is 24.2 Å². The fourth-order valence-electron chi connectivity index (χ4n) is 0.630. The molecule has 0 atom stereocenters. The van der Waals surface area contributed by atoms with Crippen molar-refractivity contribution in [2.24, 2.45) is 7.05 Å². The second-order valence-electron chi connectivity index (χ2n) is 2.11. The topological polar surface area (TPSA) is 55.1 Å². The largest absolute Gasteiger partial charge is 0.478 e. The molecule has 0 unspecified atom stereocenters. The van der Waals surface area contributed by atoms with Crippen LogP contribution in [-0.2, 0) is 11.8 Å². The summed E-state index contributed by atoms with van der Waals surface area (Å²) in [7, 11) is 1.81. The molecular weight excluding hydrogens is 176 g/mol. The molecule has 0 saturated carbocycles. The third-order valence-electron chi connectivity index (χ3n) is 1.10. The SMILES string of the molecule is Cn1cc(SC=CC(=O)O)cn1. The van der Waals surface area contributed by atoms with E-state index in [2.05, 4.69) is 5.10 Å². The summed E-state index contributed by atoms with van der Waals surface area (Å²) in [6, 6.07) is 0. The number of hydrogen-bond donors (Lipinski definition) is 1. The Balaban J connectivity index is 2.48. The minimum absolute atomic E-state index is 0.926. The van der Waals surface area contributed by atoms with E-state index in [1.807, 2.05) is 13.2 Å². The van der Waals surface area contributed by atoms with E-state index in [1.54, 1.807) is 10.9 Å². The van der Waals surface area contributed by atoms with Gasteiger partial charge < -0.3 is 5.11 Å². The lowest BCUT2D eigenvalue weighted by molar-refractivity contribution is -0.131. The van der Waals surface area contributed by atoms with Crippen LogP contribution in [-0.4, -0.2) is 20.9 Å². The first-order valence-electron chi connectivity index (χ1n) is 3.23. The third-order valence-corrected chi connectivity index (χ3v) is 1.85. The molecule has 1 heterocycles. The molecule has 0 aliphatic heterocycles. The zero-order valence-electron chi connectivity index (χ0n) is 6.47. The van der Waals surface area contributed by atoms with Crippen LogP contribution in [0.1, 0.15) is 0 Å². The zero-order valence-corrected chi connectivity index (χ0v) is 7.28. The van der Waals surface area contributed by atoms with Crippen molar-refractivity contribution in [3.05, 3.63) is 23.9 Å². The highest BCUT2D eigenvalue weighted by Crippen LogP contribution is 2.16. The van der Waals surface area contributed by atoms with Crippen molar-refractivity contribution in [1.29, 1.82) is 0 Å². The van der Waals surface area contributed by atoms with E-state index < -0.39 is 5.97 Å². The van der Waals surface area contributed by atoms with Gasteiger partial charge in [-0.2, -0.15) is 5.10 Å². The van der Waals surface area contributed by atoms with E-state index in [1.165, 1.54) is 17.2 Å². The summed E-state index contributed by atoms with van der Waals surface area (Å²) in [5, 5.41) is 13.7. The summed E-state index contributed by atoms with van der Waals surface area (Å²) in [5.74, 6) is -0.939. The minimum atomic E-state index is -0.939. The van der Waals surface area contributed by atoms with Gasteiger partial charge in [-0.1, -0.05) is 11.8 Å². The lowest BCUT2D eigenvalue weighted by Gasteiger charge is -1.85. The first-order valence-corrected chi connectivity index (χ1v) is 4.11. The molecule has 4 nitrogen and oxygen atoms in total. The molecule has 0 bridgehead atoms. The number of aromatic nitrogens is 2. The average Bonchev–Trinajstić information content (AvgIpc) is 2.35. The summed E-state index contributed by atoms with van der Waals surface area (Å²) < 4.78 is 1.66. The van der Waals surface area contributed by atoms with Gasteiger partial charge in [-0.15, -0.1) is 0 Å².